The van der Waals surface area contributed by atoms with Gasteiger partial charge in [-0.25, -0.2) is 42.2 Å². The number of anilines is 3. The fourth-order valence-electron chi connectivity index (χ4n) is 10.4. The fraction of sp³-hybridized carbons (Fsp3) is 0.556. The van der Waals surface area contributed by atoms with Crippen molar-refractivity contribution in [3.05, 3.63) is 134 Å². The summed E-state index contributed by atoms with van der Waals surface area (Å²) in [7, 11) is -22.3. The van der Waals surface area contributed by atoms with Crippen molar-refractivity contribution in [1.82, 2.24) is 47.8 Å². The fourth-order valence-corrected chi connectivity index (χ4v) is 14.2. The quantitative estimate of drug-likeness (QED) is 0.0230. The number of hydrogen-bond acceptors (Lipinski definition) is 34. The van der Waals surface area contributed by atoms with Gasteiger partial charge in [-0.1, -0.05) is 0 Å². The molecule has 0 saturated carbocycles. The average Bonchev–Trinajstić information content (AvgIpc) is 1.65. The number of ether oxygens (including phenoxy) is 5. The van der Waals surface area contributed by atoms with Crippen molar-refractivity contribution in [2.75, 3.05) is 50.2 Å². The Labute approximate surface area is 521 Å². The lowest BCUT2D eigenvalue weighted by Gasteiger charge is -2.26. The molecule has 21 atom stereocenters. The van der Waals surface area contributed by atoms with Gasteiger partial charge in [-0.3, -0.25) is 78.6 Å². The molecule has 5 aromatic heterocycles. The molecule has 0 radical (unpaired) electrons. The minimum Gasteiger partial charge on any atom is -0.394 e. The summed E-state index contributed by atoms with van der Waals surface area (Å²) >= 11 is 0. The zero-order chi connectivity index (χ0) is 67.9. The molecule has 94 heavy (non-hydrogen) atoms. The standard InChI is InChI=1S/C45H59N13O32P4/c46-27-1-6-54(41(65)49-27)32-11-19(60)23(83-32)15-78-91(70,71)88-21-13-34(56-8-3-29(48)51-43(56)67)84-24(21)16-79-93(74,75)89-38-26(86-40(36(38)64)58-10-5-31(62)53-45(58)69)18-81-94(76,77)90-37-25(85-39(35(37)63)57-9-4-30(61)52-44(57)68)17-80-92(72,73)87-20-12-33(82-22(20)14-59)55-7-2-28(47)50-42(55)66/h1-10,19-26,32-40,59-60,63-64H,11-18H2,(H,70,71)(H,72,73)(H,74,75)(H,76,77)(H2,46,49,65)(H2,47,50,66)(H2,48,51,67)(H,52,61,68)(H,53,62,69)/t19-,20-,21-,22+,23+,24+,25+,26+,32+,33+,34+,35+,36+,37+,38+,39+,40+/m0/s1. The SMILES string of the molecule is Nc1ccn([C@H]2C[C@H](OP(=O)(O)OC[C@H]3O[C@@H](n4ccc(=O)[nH]c4=O)[C@H](O)[C@@H]3OP(=O)(O)OC[C@H]3O[C@@H](n4ccc(=O)[nH]c4=O)[C@H](O)[C@@H]3OP(=O)(O)OC[C@H]3O[C@@H](n4ccc(N)nc4=O)C[C@@H]3OP(=O)(O)OC[C@H]3O[C@@H](n4ccc(N)nc4=O)C[C@@H]3O)[C@@H](CO)O2)c(=O)n1. The van der Waals surface area contributed by atoms with E-state index in [0.717, 1.165) is 44.4 Å². The molecular formula is C45H59N13O32P4. The van der Waals surface area contributed by atoms with Crippen molar-refractivity contribution in [3.8, 4) is 0 Å². The summed E-state index contributed by atoms with van der Waals surface area (Å²) in [5.41, 5.74) is 9.68. The van der Waals surface area contributed by atoms with E-state index in [1.54, 1.807) is 0 Å². The first-order valence-corrected chi connectivity index (χ1v) is 33.5. The van der Waals surface area contributed by atoms with Gasteiger partial charge in [-0.15, -0.1) is 0 Å². The van der Waals surface area contributed by atoms with E-state index < -0.39 is 215 Å². The average molecular weight is 1420 g/mol. The van der Waals surface area contributed by atoms with Crippen LogP contribution in [0, 0.1) is 0 Å². The molecule has 10 heterocycles. The zero-order valence-electron chi connectivity index (χ0n) is 47.7. The second-order valence-electron chi connectivity index (χ2n) is 21.1. The van der Waals surface area contributed by atoms with Crippen LogP contribution >= 0.6 is 31.3 Å². The van der Waals surface area contributed by atoms with Crippen LogP contribution in [0.1, 0.15) is 50.4 Å². The number of phosphoric ester groups is 4. The first kappa shape index (κ1) is 70.3. The molecule has 0 bridgehead atoms. The zero-order valence-corrected chi connectivity index (χ0v) is 51.3. The van der Waals surface area contributed by atoms with Gasteiger partial charge >= 0.3 is 59.7 Å². The Morgan fingerprint density at radius 2 is 0.787 bits per heavy atom. The van der Waals surface area contributed by atoms with E-state index >= 15 is 0 Å². The molecule has 5 aliphatic heterocycles. The summed E-state index contributed by atoms with van der Waals surface area (Å²) in [4.78, 5) is 147. The van der Waals surface area contributed by atoms with Crippen LogP contribution in [0.2, 0.25) is 0 Å². The molecule has 5 fully saturated rings. The van der Waals surface area contributed by atoms with E-state index in [1.807, 2.05) is 9.97 Å². The van der Waals surface area contributed by atoms with Crippen molar-refractivity contribution >= 4 is 48.7 Å². The van der Waals surface area contributed by atoms with Crippen molar-refractivity contribution in [1.29, 1.82) is 0 Å². The maximum atomic E-state index is 14.0. The van der Waals surface area contributed by atoms with Crippen LogP contribution in [0.25, 0.3) is 0 Å². The second-order valence-corrected chi connectivity index (χ2v) is 26.7. The smallest absolute Gasteiger partial charge is 0.394 e. The highest BCUT2D eigenvalue weighted by molar-refractivity contribution is 7.48. The van der Waals surface area contributed by atoms with Gasteiger partial charge in [0.2, 0.25) is 0 Å². The van der Waals surface area contributed by atoms with Gasteiger partial charge in [-0.2, -0.15) is 15.0 Å². The molecule has 45 nitrogen and oxygen atoms in total. The maximum Gasteiger partial charge on any atom is 0.472 e. The van der Waals surface area contributed by atoms with E-state index in [1.165, 1.54) is 30.6 Å². The van der Waals surface area contributed by atoms with Crippen molar-refractivity contribution in [2.24, 2.45) is 0 Å². The van der Waals surface area contributed by atoms with Crippen LogP contribution in [0.15, 0.2) is 94.9 Å². The molecule has 0 aromatic carbocycles. The Morgan fingerprint density at radius 3 is 1.17 bits per heavy atom. The predicted molar refractivity (Wildman–Crippen MR) is 302 cm³/mol. The number of rotatable bonds is 26. The molecule has 16 N–H and O–H groups in total. The first-order chi connectivity index (χ1) is 44.2. The molecule has 516 valence electrons. The number of nitrogens with two attached hydrogens (primary N) is 3. The number of nitrogens with one attached hydrogen (secondary N) is 2. The highest BCUT2D eigenvalue weighted by Crippen LogP contribution is 2.55. The number of nitrogen functional groups attached to an aromatic ring is 3. The Bertz CT molecular complexity index is 4230. The predicted octanol–water partition coefficient (Wildman–Crippen LogP) is -5.65. The molecule has 0 amide bonds. The Kier molecular flexibility index (Phi) is 21.1. The largest absolute Gasteiger partial charge is 0.472 e. The number of aromatic amines is 2. The minimum atomic E-state index is -5.82. The molecule has 0 spiro atoms. The number of nitrogens with zero attached hydrogens (tertiary/aromatic N) is 8. The third kappa shape index (κ3) is 16.5. The van der Waals surface area contributed by atoms with E-state index in [9.17, 15) is 91.8 Å². The van der Waals surface area contributed by atoms with Crippen molar-refractivity contribution in [3.63, 3.8) is 0 Å². The molecule has 10 rings (SSSR count). The van der Waals surface area contributed by atoms with Crippen LogP contribution in [0.5, 0.6) is 0 Å². The third-order valence-corrected chi connectivity index (χ3v) is 18.8. The Balaban J connectivity index is 0.835. The number of aliphatic hydroxyl groups is 4. The molecule has 5 saturated heterocycles. The normalized spacial score (nSPS) is 32.0. The Hall–Kier alpha value is -6.52. The number of phosphoric acid groups is 4. The summed E-state index contributed by atoms with van der Waals surface area (Å²) in [5, 5.41) is 43.9. The van der Waals surface area contributed by atoms with E-state index in [4.69, 9.17) is 77.1 Å². The van der Waals surface area contributed by atoms with Gasteiger partial charge in [0.25, 0.3) is 11.1 Å². The maximum absolute atomic E-state index is 14.0. The highest BCUT2D eigenvalue weighted by Gasteiger charge is 2.54. The summed E-state index contributed by atoms with van der Waals surface area (Å²) in [6.07, 6.45) is -25.9. The van der Waals surface area contributed by atoms with Crippen LogP contribution < -0.4 is 56.8 Å². The van der Waals surface area contributed by atoms with Gasteiger partial charge in [-0.05, 0) is 18.2 Å². The second kappa shape index (κ2) is 28.3. The molecule has 4 unspecified atom stereocenters. The summed E-state index contributed by atoms with van der Waals surface area (Å²) < 4.78 is 130. The van der Waals surface area contributed by atoms with Gasteiger partial charge in [0.1, 0.15) is 103 Å². The highest BCUT2D eigenvalue weighted by atomic mass is 31.2. The third-order valence-electron chi connectivity index (χ3n) is 14.8. The van der Waals surface area contributed by atoms with Crippen LogP contribution in [0.3, 0.4) is 0 Å². The van der Waals surface area contributed by atoms with E-state index in [0.29, 0.717) is 9.13 Å². The van der Waals surface area contributed by atoms with Crippen molar-refractivity contribution in [2.45, 2.75) is 124 Å². The van der Waals surface area contributed by atoms with Gasteiger partial charge in [0.05, 0.1) is 39.1 Å². The van der Waals surface area contributed by atoms with Gasteiger partial charge in [0.15, 0.2) is 12.5 Å². The summed E-state index contributed by atoms with van der Waals surface area (Å²) in [5.74, 6) is -0.468. The van der Waals surface area contributed by atoms with E-state index in [-0.39, 0.29) is 30.3 Å². The van der Waals surface area contributed by atoms with Crippen molar-refractivity contribution < 1.29 is 118 Å². The van der Waals surface area contributed by atoms with E-state index in [2.05, 4.69) is 15.0 Å². The van der Waals surface area contributed by atoms with Gasteiger partial charge in [0, 0.05) is 62.4 Å². The van der Waals surface area contributed by atoms with Crippen LogP contribution in [0.4, 0.5) is 17.5 Å². The number of aromatic nitrogens is 10. The molecule has 5 aromatic rings. The number of aliphatic hydroxyl groups excluding tert-OH is 4. The molecule has 49 heteroatoms. The lowest BCUT2D eigenvalue weighted by atomic mass is 10.1. The topological polar surface area (TPSA) is 643 Å². The Morgan fingerprint density at radius 1 is 0.457 bits per heavy atom. The van der Waals surface area contributed by atoms with Gasteiger partial charge < -0.3 is 80.9 Å². The lowest BCUT2D eigenvalue weighted by molar-refractivity contribution is -0.0657. The summed E-state index contributed by atoms with van der Waals surface area (Å²) in [6.45, 7) is -5.42. The van der Waals surface area contributed by atoms with Crippen LogP contribution in [-0.4, -0.2) is 194 Å². The molecular weight excluding hydrogens is 1360 g/mol. The minimum absolute atomic E-state index is 0.104. The first-order valence-electron chi connectivity index (χ1n) is 27.5. The number of hydrogen-bond donors (Lipinski definition) is 13. The molecule has 5 aliphatic rings. The van der Waals surface area contributed by atoms with Crippen LogP contribution in [-0.2, 0) is 78.1 Å². The molecule has 0 aliphatic carbocycles. The summed E-state index contributed by atoms with van der Waals surface area (Å²) in [6, 6.07) is 5.30. The lowest BCUT2D eigenvalue weighted by Crippen LogP contribution is -2.39. The monoisotopic (exact) mass is 1420 g/mol. The number of H-pyrrole nitrogens is 2.